The molecule has 0 spiro atoms. The summed E-state index contributed by atoms with van der Waals surface area (Å²) in [6.07, 6.45) is 1.96. The van der Waals surface area contributed by atoms with Crippen molar-refractivity contribution in [3.05, 3.63) is 108 Å². The fraction of sp³-hybridized carbons (Fsp3) is 0.143. The molecule has 7 nitrogen and oxygen atoms in total. The highest BCUT2D eigenvalue weighted by Crippen LogP contribution is 2.28. The number of rotatable bonds is 8. The number of benzene rings is 3. The molecular formula is C28H23F2N5O2. The van der Waals surface area contributed by atoms with Crippen LogP contribution in [0.15, 0.2) is 83.6 Å². The third-order valence-electron chi connectivity index (χ3n) is 5.86. The molecule has 0 aliphatic rings. The van der Waals surface area contributed by atoms with Crippen molar-refractivity contribution in [2.45, 2.75) is 26.3 Å². The Bertz CT molecular complexity index is 1530. The van der Waals surface area contributed by atoms with Gasteiger partial charge in [0.15, 0.2) is 0 Å². The molecule has 0 saturated heterocycles. The van der Waals surface area contributed by atoms with E-state index in [4.69, 9.17) is 4.52 Å². The summed E-state index contributed by atoms with van der Waals surface area (Å²) in [6, 6.07) is 20.3. The molecule has 0 fully saturated rings. The molecule has 3 aromatic carbocycles. The highest BCUT2D eigenvalue weighted by molar-refractivity contribution is 5.93. The lowest BCUT2D eigenvalue weighted by Gasteiger charge is -2.12. The summed E-state index contributed by atoms with van der Waals surface area (Å²) >= 11 is 0. The maximum absolute atomic E-state index is 13.6. The molecule has 2 heterocycles. The lowest BCUT2D eigenvalue weighted by Crippen LogP contribution is -2.16. The molecular weight excluding hydrogens is 476 g/mol. The van der Waals surface area contributed by atoms with Gasteiger partial charge in [-0.05, 0) is 60.5 Å². The van der Waals surface area contributed by atoms with E-state index in [0.29, 0.717) is 46.5 Å². The third kappa shape index (κ3) is 5.61. The van der Waals surface area contributed by atoms with Gasteiger partial charge in [-0.15, -0.1) is 0 Å². The number of nitrogens with one attached hydrogen (secondary N) is 1. The zero-order valence-electron chi connectivity index (χ0n) is 20.0. The molecule has 0 atom stereocenters. The van der Waals surface area contributed by atoms with Crippen LogP contribution in [0.3, 0.4) is 0 Å². The highest BCUT2D eigenvalue weighted by Gasteiger charge is 2.18. The van der Waals surface area contributed by atoms with E-state index in [2.05, 4.69) is 20.4 Å². The average molecular weight is 500 g/mol. The van der Waals surface area contributed by atoms with Crippen molar-refractivity contribution in [3.63, 3.8) is 0 Å². The SMILES string of the molecule is Cc1cc(-c2noc(CCC(=O)Nc3c(-c4ccc(F)cc4)ncn3Cc3ccccc3)n2)ccc1F. The van der Waals surface area contributed by atoms with Crippen LogP contribution in [0.25, 0.3) is 22.6 Å². The second-order valence-corrected chi connectivity index (χ2v) is 8.59. The van der Waals surface area contributed by atoms with Crippen LogP contribution >= 0.6 is 0 Å². The van der Waals surface area contributed by atoms with Gasteiger partial charge in [-0.3, -0.25) is 4.79 Å². The fourth-order valence-electron chi connectivity index (χ4n) is 3.90. The number of imidazole rings is 1. The molecule has 37 heavy (non-hydrogen) atoms. The lowest BCUT2D eigenvalue weighted by molar-refractivity contribution is -0.116. The minimum atomic E-state index is -0.354. The van der Waals surface area contributed by atoms with Gasteiger partial charge in [-0.25, -0.2) is 13.8 Å². The van der Waals surface area contributed by atoms with Gasteiger partial charge >= 0.3 is 0 Å². The van der Waals surface area contributed by atoms with Gasteiger partial charge in [0.1, 0.15) is 23.1 Å². The van der Waals surface area contributed by atoms with E-state index in [9.17, 15) is 13.6 Å². The van der Waals surface area contributed by atoms with Crippen molar-refractivity contribution in [2.24, 2.45) is 0 Å². The number of hydrogen-bond donors (Lipinski definition) is 1. The standard InChI is InChI=1S/C28H23F2N5O2/c1-18-15-21(9-12-23(18)30)27-33-25(37-34-27)14-13-24(36)32-28-26(20-7-10-22(29)11-8-20)31-17-35(28)16-19-5-3-2-4-6-19/h2-12,15,17H,13-14,16H2,1H3,(H,32,36). The number of hydrogen-bond acceptors (Lipinski definition) is 5. The van der Waals surface area contributed by atoms with Gasteiger partial charge in [0.05, 0.1) is 12.9 Å². The zero-order chi connectivity index (χ0) is 25.8. The second kappa shape index (κ2) is 10.5. The molecule has 0 unspecified atom stereocenters. The predicted octanol–water partition coefficient (Wildman–Crippen LogP) is 5.81. The van der Waals surface area contributed by atoms with E-state index in [0.717, 1.165) is 5.56 Å². The Morgan fingerprint density at radius 1 is 1.00 bits per heavy atom. The van der Waals surface area contributed by atoms with Crippen LogP contribution in [-0.2, 0) is 17.8 Å². The topological polar surface area (TPSA) is 85.8 Å². The minimum Gasteiger partial charge on any atom is -0.339 e. The number of aromatic nitrogens is 4. The number of amides is 1. The number of carbonyl (C=O) groups is 1. The first-order chi connectivity index (χ1) is 18.0. The largest absolute Gasteiger partial charge is 0.339 e. The van der Waals surface area contributed by atoms with Crippen LogP contribution in [0, 0.1) is 18.6 Å². The smallest absolute Gasteiger partial charge is 0.227 e. The van der Waals surface area contributed by atoms with Gasteiger partial charge in [0.25, 0.3) is 0 Å². The van der Waals surface area contributed by atoms with Crippen LogP contribution in [0.5, 0.6) is 0 Å². The summed E-state index contributed by atoms with van der Waals surface area (Å²) in [7, 11) is 0. The Morgan fingerprint density at radius 3 is 2.51 bits per heavy atom. The van der Waals surface area contributed by atoms with Gasteiger partial charge in [-0.2, -0.15) is 4.98 Å². The van der Waals surface area contributed by atoms with Gasteiger partial charge < -0.3 is 14.4 Å². The zero-order valence-corrected chi connectivity index (χ0v) is 20.0. The predicted molar refractivity (Wildman–Crippen MR) is 135 cm³/mol. The summed E-state index contributed by atoms with van der Waals surface area (Å²) < 4.78 is 34.2. The number of halogens is 2. The Hall–Kier alpha value is -4.66. The molecule has 0 bridgehead atoms. The molecule has 186 valence electrons. The molecule has 5 aromatic rings. The molecule has 1 N–H and O–H groups in total. The Balaban J connectivity index is 1.32. The number of nitrogens with zero attached hydrogens (tertiary/aromatic N) is 4. The van der Waals surface area contributed by atoms with Crippen molar-refractivity contribution >= 4 is 11.7 Å². The Labute approximate surface area is 211 Å². The summed E-state index contributed by atoms with van der Waals surface area (Å²) in [5, 5.41) is 6.90. The van der Waals surface area contributed by atoms with Crippen LogP contribution < -0.4 is 5.32 Å². The summed E-state index contributed by atoms with van der Waals surface area (Å²) in [6.45, 7) is 2.15. The molecule has 0 radical (unpaired) electrons. The number of anilines is 1. The maximum Gasteiger partial charge on any atom is 0.227 e. The first kappa shape index (κ1) is 24.1. The van der Waals surface area contributed by atoms with E-state index >= 15 is 0 Å². The summed E-state index contributed by atoms with van der Waals surface area (Å²) in [5.74, 6) is 0.203. The van der Waals surface area contributed by atoms with E-state index in [1.165, 1.54) is 18.2 Å². The van der Waals surface area contributed by atoms with Crippen LogP contribution in [-0.4, -0.2) is 25.6 Å². The quantitative estimate of drug-likeness (QED) is 0.291. The number of aryl methyl sites for hydroxylation is 2. The number of carbonyl (C=O) groups excluding carboxylic acids is 1. The normalized spacial score (nSPS) is 11.0. The van der Waals surface area contributed by atoms with E-state index in [1.54, 1.807) is 37.5 Å². The summed E-state index contributed by atoms with van der Waals surface area (Å²) in [5.41, 5.74) is 3.37. The lowest BCUT2D eigenvalue weighted by atomic mass is 10.1. The minimum absolute atomic E-state index is 0.0868. The van der Waals surface area contributed by atoms with Crippen molar-refractivity contribution < 1.29 is 18.1 Å². The maximum atomic E-state index is 13.6. The van der Waals surface area contributed by atoms with Crippen LogP contribution in [0.2, 0.25) is 0 Å². The van der Waals surface area contributed by atoms with E-state index in [1.807, 2.05) is 34.9 Å². The van der Waals surface area contributed by atoms with Crippen molar-refractivity contribution in [2.75, 3.05) is 5.32 Å². The average Bonchev–Trinajstić information content (AvgIpc) is 3.53. The van der Waals surface area contributed by atoms with Crippen molar-refractivity contribution in [1.29, 1.82) is 0 Å². The molecule has 0 aliphatic heterocycles. The summed E-state index contributed by atoms with van der Waals surface area (Å²) in [4.78, 5) is 21.8. The Morgan fingerprint density at radius 2 is 1.76 bits per heavy atom. The molecule has 0 aliphatic carbocycles. The van der Waals surface area contributed by atoms with E-state index < -0.39 is 0 Å². The van der Waals surface area contributed by atoms with Gasteiger partial charge in [-0.1, -0.05) is 35.5 Å². The fourth-order valence-corrected chi connectivity index (χ4v) is 3.90. The van der Waals surface area contributed by atoms with Crippen LogP contribution in [0.1, 0.15) is 23.4 Å². The molecule has 1 amide bonds. The molecule has 0 saturated carbocycles. The third-order valence-corrected chi connectivity index (χ3v) is 5.86. The first-order valence-corrected chi connectivity index (χ1v) is 11.7. The molecule has 5 rings (SSSR count). The van der Waals surface area contributed by atoms with E-state index in [-0.39, 0.29) is 30.4 Å². The van der Waals surface area contributed by atoms with Gasteiger partial charge in [0.2, 0.25) is 17.6 Å². The molecule has 9 heteroatoms. The monoisotopic (exact) mass is 499 g/mol. The van der Waals surface area contributed by atoms with Crippen LogP contribution in [0.4, 0.5) is 14.6 Å². The van der Waals surface area contributed by atoms with Crippen molar-refractivity contribution in [3.8, 4) is 22.6 Å². The van der Waals surface area contributed by atoms with Crippen molar-refractivity contribution in [1.82, 2.24) is 19.7 Å². The second-order valence-electron chi connectivity index (χ2n) is 8.59. The molecule has 2 aromatic heterocycles. The van der Waals surface area contributed by atoms with Gasteiger partial charge in [0, 0.05) is 24.0 Å². The Kier molecular flexibility index (Phi) is 6.85. The highest BCUT2D eigenvalue weighted by atomic mass is 19.1. The first-order valence-electron chi connectivity index (χ1n) is 11.7.